The van der Waals surface area contributed by atoms with Gasteiger partial charge in [0.15, 0.2) is 5.96 Å². The predicted octanol–water partition coefficient (Wildman–Crippen LogP) is 3.94. The van der Waals surface area contributed by atoms with E-state index in [-0.39, 0.29) is 24.0 Å². The summed E-state index contributed by atoms with van der Waals surface area (Å²) in [7, 11) is 1.67. The van der Waals surface area contributed by atoms with Gasteiger partial charge in [0.05, 0.1) is 19.9 Å². The number of hydrogen-bond acceptors (Lipinski definition) is 4. The molecule has 2 N–H and O–H groups in total. The van der Waals surface area contributed by atoms with Gasteiger partial charge < -0.3 is 19.8 Å². The average molecular weight is 489 g/mol. The molecule has 2 rings (SSSR count). The highest BCUT2D eigenvalue weighted by Crippen LogP contribution is 2.12. The fourth-order valence-electron chi connectivity index (χ4n) is 2.16. The fourth-order valence-corrected chi connectivity index (χ4v) is 2.41. The zero-order valence-electron chi connectivity index (χ0n) is 15.5. The first kappa shape index (κ1) is 22.7. The average Bonchev–Trinajstić information content (AvgIpc) is 3.17. The first-order valence-corrected chi connectivity index (χ1v) is 9.70. The maximum absolute atomic E-state index is 5.37. The van der Waals surface area contributed by atoms with E-state index in [9.17, 15) is 0 Å². The third-order valence-corrected chi connectivity index (χ3v) is 4.75. The number of methoxy groups -OCH3 is 1. The van der Waals surface area contributed by atoms with E-state index >= 15 is 0 Å². The number of ether oxygens (including phenoxy) is 1. The van der Waals surface area contributed by atoms with Gasteiger partial charge in [-0.25, -0.2) is 4.99 Å². The van der Waals surface area contributed by atoms with Gasteiger partial charge in [0.25, 0.3) is 0 Å². The second kappa shape index (κ2) is 12.9. The molecule has 1 aromatic heterocycles. The van der Waals surface area contributed by atoms with Gasteiger partial charge in [-0.3, -0.25) is 0 Å². The predicted molar refractivity (Wildman–Crippen MR) is 121 cm³/mol. The van der Waals surface area contributed by atoms with E-state index in [4.69, 9.17) is 9.15 Å². The van der Waals surface area contributed by atoms with Crippen molar-refractivity contribution in [1.29, 1.82) is 0 Å². The zero-order chi connectivity index (χ0) is 17.9. The number of halogens is 1. The minimum absolute atomic E-state index is 0. The van der Waals surface area contributed by atoms with Crippen molar-refractivity contribution >= 4 is 41.7 Å². The minimum Gasteiger partial charge on any atom is -0.497 e. The Morgan fingerprint density at radius 1 is 1.23 bits per heavy atom. The lowest BCUT2D eigenvalue weighted by atomic mass is 10.2. The number of hydrogen-bond donors (Lipinski definition) is 2. The monoisotopic (exact) mass is 489 g/mol. The zero-order valence-corrected chi connectivity index (χ0v) is 18.7. The number of thioether (sulfide) groups is 1. The first-order chi connectivity index (χ1) is 12.2. The molecular formula is C19H28IN3O2S. The van der Waals surface area contributed by atoms with Gasteiger partial charge in [0, 0.05) is 24.8 Å². The largest absolute Gasteiger partial charge is 0.497 e. The van der Waals surface area contributed by atoms with Gasteiger partial charge in [-0.2, -0.15) is 11.8 Å². The molecule has 7 heteroatoms. The molecule has 0 aliphatic heterocycles. The Balaban J connectivity index is 0.00000338. The van der Waals surface area contributed by atoms with Crippen LogP contribution in [0.1, 0.15) is 18.2 Å². The molecule has 0 bridgehead atoms. The molecule has 2 aromatic rings. The lowest BCUT2D eigenvalue weighted by molar-refractivity contribution is 0.414. The molecule has 0 saturated heterocycles. The number of benzene rings is 1. The van der Waals surface area contributed by atoms with E-state index in [1.165, 1.54) is 0 Å². The van der Waals surface area contributed by atoms with Crippen molar-refractivity contribution in [2.24, 2.45) is 4.99 Å². The summed E-state index contributed by atoms with van der Waals surface area (Å²) in [6.45, 7) is 4.46. The van der Waals surface area contributed by atoms with Crippen LogP contribution >= 0.6 is 35.7 Å². The summed E-state index contributed by atoms with van der Waals surface area (Å²) in [5.41, 5.74) is 1.14. The van der Waals surface area contributed by atoms with E-state index in [1.807, 2.05) is 48.2 Å². The molecule has 26 heavy (non-hydrogen) atoms. The van der Waals surface area contributed by atoms with Crippen molar-refractivity contribution < 1.29 is 9.15 Å². The van der Waals surface area contributed by atoms with Crippen molar-refractivity contribution in [3.05, 3.63) is 54.0 Å². The smallest absolute Gasteiger partial charge is 0.191 e. The van der Waals surface area contributed by atoms with Crippen LogP contribution < -0.4 is 15.4 Å². The molecule has 0 aliphatic carbocycles. The van der Waals surface area contributed by atoms with E-state index in [1.54, 1.807) is 13.4 Å². The fraction of sp³-hybridized carbons (Fsp3) is 0.421. The van der Waals surface area contributed by atoms with Crippen molar-refractivity contribution in [1.82, 2.24) is 10.6 Å². The number of nitrogens with one attached hydrogen (secondary N) is 2. The van der Waals surface area contributed by atoms with Crippen LogP contribution in [0.3, 0.4) is 0 Å². The van der Waals surface area contributed by atoms with Crippen LogP contribution in [0.15, 0.2) is 52.1 Å². The first-order valence-electron chi connectivity index (χ1n) is 8.41. The van der Waals surface area contributed by atoms with Crippen molar-refractivity contribution in [3.8, 4) is 5.75 Å². The van der Waals surface area contributed by atoms with Gasteiger partial charge in [-0.15, -0.1) is 24.0 Å². The van der Waals surface area contributed by atoms with Gasteiger partial charge in [-0.1, -0.05) is 19.1 Å². The number of nitrogens with zero attached hydrogens (tertiary/aromatic N) is 1. The summed E-state index contributed by atoms with van der Waals surface area (Å²) in [6.07, 6.45) is 4.64. The topological polar surface area (TPSA) is 58.8 Å². The third kappa shape index (κ3) is 8.35. The SMILES string of the molecule is COc1ccc(CN=C(NCCc2ccco2)NCC(C)SC)cc1.I. The summed E-state index contributed by atoms with van der Waals surface area (Å²) < 4.78 is 10.6. The van der Waals surface area contributed by atoms with Gasteiger partial charge >= 0.3 is 0 Å². The standard InChI is InChI=1S/C19H27N3O2S.HI/c1-15(25-3)13-21-19(20-11-10-18-5-4-12-24-18)22-14-16-6-8-17(23-2)9-7-16;/h4-9,12,15H,10-11,13-14H2,1-3H3,(H2,20,21,22);1H. The number of aliphatic imine (C=N–C) groups is 1. The van der Waals surface area contributed by atoms with Crippen molar-refractivity contribution in [2.45, 2.75) is 25.1 Å². The molecule has 1 heterocycles. The molecule has 1 aromatic carbocycles. The summed E-state index contributed by atoms with van der Waals surface area (Å²) in [5.74, 6) is 2.65. The van der Waals surface area contributed by atoms with E-state index in [0.717, 1.165) is 42.5 Å². The number of guanidine groups is 1. The molecule has 5 nitrogen and oxygen atoms in total. The highest BCUT2D eigenvalue weighted by Gasteiger charge is 2.04. The highest BCUT2D eigenvalue weighted by atomic mass is 127. The van der Waals surface area contributed by atoms with Crippen molar-refractivity contribution in [3.63, 3.8) is 0 Å². The molecule has 0 radical (unpaired) electrons. The molecule has 1 unspecified atom stereocenters. The Morgan fingerprint density at radius 3 is 2.62 bits per heavy atom. The molecule has 1 atom stereocenters. The lowest BCUT2D eigenvalue weighted by Crippen LogP contribution is -2.41. The van der Waals surface area contributed by atoms with Crippen LogP contribution in [0.5, 0.6) is 5.75 Å². The van der Waals surface area contributed by atoms with Crippen LogP contribution in [0, 0.1) is 0 Å². The molecule has 0 fully saturated rings. The maximum atomic E-state index is 5.37. The Labute approximate surface area is 177 Å². The van der Waals surface area contributed by atoms with Crippen molar-refractivity contribution in [2.75, 3.05) is 26.5 Å². The second-order valence-corrected chi connectivity index (χ2v) is 6.97. The van der Waals surface area contributed by atoms with Gasteiger partial charge in [0.2, 0.25) is 0 Å². The Bertz CT molecular complexity index is 633. The van der Waals surface area contributed by atoms with Gasteiger partial charge in [-0.05, 0) is 36.1 Å². The summed E-state index contributed by atoms with van der Waals surface area (Å²) in [4.78, 5) is 4.69. The maximum Gasteiger partial charge on any atom is 0.191 e. The lowest BCUT2D eigenvalue weighted by Gasteiger charge is -2.15. The van der Waals surface area contributed by atoms with Crippen LogP contribution in [0.2, 0.25) is 0 Å². The molecule has 144 valence electrons. The third-order valence-electron chi connectivity index (χ3n) is 3.78. The molecular weight excluding hydrogens is 461 g/mol. The van der Waals surface area contributed by atoms with E-state index in [0.29, 0.717) is 11.8 Å². The molecule has 0 spiro atoms. The highest BCUT2D eigenvalue weighted by molar-refractivity contribution is 14.0. The van der Waals surface area contributed by atoms with Gasteiger partial charge in [0.1, 0.15) is 11.5 Å². The minimum atomic E-state index is 0. The van der Waals surface area contributed by atoms with Crippen LogP contribution in [-0.2, 0) is 13.0 Å². The quantitative estimate of drug-likeness (QED) is 0.318. The molecule has 0 saturated carbocycles. The second-order valence-electron chi connectivity index (χ2n) is 5.70. The van der Waals surface area contributed by atoms with Crippen LogP contribution in [-0.4, -0.2) is 37.7 Å². The summed E-state index contributed by atoms with van der Waals surface area (Å²) in [6, 6.07) is 11.9. The van der Waals surface area contributed by atoms with E-state index < -0.39 is 0 Å². The number of furan rings is 1. The van der Waals surface area contributed by atoms with Crippen LogP contribution in [0.25, 0.3) is 0 Å². The Hall–Kier alpha value is -1.35. The Morgan fingerprint density at radius 2 is 2.00 bits per heavy atom. The summed E-state index contributed by atoms with van der Waals surface area (Å²) >= 11 is 1.83. The van der Waals surface area contributed by atoms with E-state index in [2.05, 4.69) is 28.8 Å². The number of rotatable bonds is 9. The normalized spacial score (nSPS) is 12.2. The van der Waals surface area contributed by atoms with Crippen LogP contribution in [0.4, 0.5) is 0 Å². The Kier molecular flexibility index (Phi) is 11.3. The molecule has 0 amide bonds. The summed E-state index contributed by atoms with van der Waals surface area (Å²) in [5, 5.41) is 7.31. The molecule has 0 aliphatic rings.